The first-order chi connectivity index (χ1) is 9.77. The molecule has 0 bridgehead atoms. The van der Waals surface area contributed by atoms with E-state index >= 15 is 0 Å². The Labute approximate surface area is 125 Å². The number of rotatable bonds is 4. The van der Waals surface area contributed by atoms with E-state index in [-0.39, 0.29) is 10.9 Å². The average molecular weight is 305 g/mol. The van der Waals surface area contributed by atoms with Crippen molar-refractivity contribution in [3.05, 3.63) is 53.6 Å². The van der Waals surface area contributed by atoms with Crippen molar-refractivity contribution in [2.75, 3.05) is 11.1 Å². The zero-order chi connectivity index (χ0) is 15.6. The first-order valence-electron chi connectivity index (χ1n) is 6.53. The highest BCUT2D eigenvalue weighted by molar-refractivity contribution is 7.89. The number of anilines is 2. The molecular formula is C15H19N3O2S. The highest BCUT2D eigenvalue weighted by Crippen LogP contribution is 2.26. The van der Waals surface area contributed by atoms with E-state index in [4.69, 9.17) is 10.9 Å². The Balaban J connectivity index is 2.28. The third-order valence-corrected chi connectivity index (χ3v) is 4.21. The molecule has 0 aliphatic carbocycles. The maximum Gasteiger partial charge on any atom is 0.238 e. The van der Waals surface area contributed by atoms with Crippen LogP contribution in [0.25, 0.3) is 0 Å². The number of sulfonamides is 1. The molecule has 6 heteroatoms. The Kier molecular flexibility index (Phi) is 4.20. The van der Waals surface area contributed by atoms with Crippen LogP contribution < -0.4 is 16.2 Å². The van der Waals surface area contributed by atoms with Gasteiger partial charge in [-0.05, 0) is 37.6 Å². The van der Waals surface area contributed by atoms with E-state index in [2.05, 4.69) is 5.32 Å². The van der Waals surface area contributed by atoms with Gasteiger partial charge in [0.1, 0.15) is 0 Å². The van der Waals surface area contributed by atoms with Gasteiger partial charge in [-0.2, -0.15) is 0 Å². The van der Waals surface area contributed by atoms with Crippen molar-refractivity contribution in [1.29, 1.82) is 0 Å². The van der Waals surface area contributed by atoms with Crippen LogP contribution in [0.5, 0.6) is 0 Å². The molecule has 2 rings (SSSR count). The van der Waals surface area contributed by atoms with E-state index < -0.39 is 10.0 Å². The summed E-state index contributed by atoms with van der Waals surface area (Å²) in [5, 5.41) is 8.35. The van der Waals surface area contributed by atoms with Gasteiger partial charge in [-0.3, -0.25) is 0 Å². The predicted molar refractivity (Wildman–Crippen MR) is 85.4 cm³/mol. The highest BCUT2D eigenvalue weighted by Gasteiger charge is 2.12. The molecule has 0 radical (unpaired) electrons. The molecule has 112 valence electrons. The third-order valence-electron chi connectivity index (χ3n) is 3.30. The van der Waals surface area contributed by atoms with Crippen molar-refractivity contribution in [1.82, 2.24) is 0 Å². The number of aryl methyl sites for hydroxylation is 1. The molecule has 0 fully saturated rings. The van der Waals surface area contributed by atoms with Crippen LogP contribution in [0.3, 0.4) is 0 Å². The summed E-state index contributed by atoms with van der Waals surface area (Å²) in [5.74, 6) is 0. The second-order valence-corrected chi connectivity index (χ2v) is 6.63. The largest absolute Gasteiger partial charge is 0.397 e. The van der Waals surface area contributed by atoms with Crippen LogP contribution in [0.4, 0.5) is 11.4 Å². The van der Waals surface area contributed by atoms with E-state index in [1.807, 2.05) is 38.1 Å². The SMILES string of the molecule is Cc1ccc(C(C)Nc2cc(S(N)(=O)=O)ccc2N)cc1. The first kappa shape index (κ1) is 15.3. The van der Waals surface area contributed by atoms with Gasteiger partial charge in [0.2, 0.25) is 10.0 Å². The summed E-state index contributed by atoms with van der Waals surface area (Å²) in [6.45, 7) is 4.00. The quantitative estimate of drug-likeness (QED) is 0.755. The molecule has 0 amide bonds. The van der Waals surface area contributed by atoms with Gasteiger partial charge in [-0.15, -0.1) is 0 Å². The number of nitrogen functional groups attached to an aromatic ring is 1. The van der Waals surface area contributed by atoms with Gasteiger partial charge >= 0.3 is 0 Å². The van der Waals surface area contributed by atoms with Crippen LogP contribution in [0.15, 0.2) is 47.4 Å². The van der Waals surface area contributed by atoms with Gasteiger partial charge in [-0.1, -0.05) is 29.8 Å². The number of nitrogens with two attached hydrogens (primary N) is 2. The lowest BCUT2D eigenvalue weighted by Gasteiger charge is -2.18. The Bertz CT molecular complexity index is 740. The van der Waals surface area contributed by atoms with Crippen LogP contribution in [0.1, 0.15) is 24.1 Å². The van der Waals surface area contributed by atoms with Crippen LogP contribution in [0, 0.1) is 6.92 Å². The van der Waals surface area contributed by atoms with Crippen molar-refractivity contribution in [3.8, 4) is 0 Å². The minimum Gasteiger partial charge on any atom is -0.397 e. The second kappa shape index (κ2) is 5.75. The Hall–Kier alpha value is -2.05. The first-order valence-corrected chi connectivity index (χ1v) is 8.07. The van der Waals surface area contributed by atoms with Crippen molar-refractivity contribution < 1.29 is 8.42 Å². The van der Waals surface area contributed by atoms with E-state index in [9.17, 15) is 8.42 Å². The number of hydrogen-bond donors (Lipinski definition) is 3. The molecule has 0 aliphatic heterocycles. The summed E-state index contributed by atoms with van der Waals surface area (Å²) in [5.41, 5.74) is 9.18. The minimum atomic E-state index is -3.74. The zero-order valence-electron chi connectivity index (χ0n) is 12.0. The molecule has 2 aromatic carbocycles. The fourth-order valence-electron chi connectivity index (χ4n) is 2.01. The summed E-state index contributed by atoms with van der Waals surface area (Å²) in [4.78, 5) is 0.0373. The standard InChI is InChI=1S/C15H19N3O2S/c1-10-3-5-12(6-4-10)11(2)18-15-9-13(21(17,19)20)7-8-14(15)16/h3-9,11,18H,16H2,1-2H3,(H2,17,19,20). The molecule has 21 heavy (non-hydrogen) atoms. The fraction of sp³-hybridized carbons (Fsp3) is 0.200. The lowest BCUT2D eigenvalue weighted by molar-refractivity contribution is 0.598. The molecule has 0 aromatic heterocycles. The molecule has 1 unspecified atom stereocenters. The van der Waals surface area contributed by atoms with Crippen molar-refractivity contribution >= 4 is 21.4 Å². The molecular weight excluding hydrogens is 286 g/mol. The Morgan fingerprint density at radius 1 is 1.10 bits per heavy atom. The summed E-state index contributed by atoms with van der Waals surface area (Å²) in [6, 6.07) is 12.5. The second-order valence-electron chi connectivity index (χ2n) is 5.07. The zero-order valence-corrected chi connectivity index (χ0v) is 12.8. The maximum atomic E-state index is 11.4. The monoisotopic (exact) mass is 305 g/mol. The highest BCUT2D eigenvalue weighted by atomic mass is 32.2. The Morgan fingerprint density at radius 3 is 2.29 bits per heavy atom. The number of primary sulfonamides is 1. The number of hydrogen-bond acceptors (Lipinski definition) is 4. The minimum absolute atomic E-state index is 0.0105. The number of nitrogens with one attached hydrogen (secondary N) is 1. The van der Waals surface area contributed by atoms with Crippen molar-refractivity contribution in [3.63, 3.8) is 0 Å². The van der Waals surface area contributed by atoms with Gasteiger partial charge in [0, 0.05) is 6.04 Å². The third kappa shape index (κ3) is 3.74. The summed E-state index contributed by atoms with van der Waals surface area (Å²) in [7, 11) is -3.74. The maximum absolute atomic E-state index is 11.4. The van der Waals surface area contributed by atoms with Gasteiger partial charge in [0.05, 0.1) is 16.3 Å². The predicted octanol–water partition coefficient (Wildman–Crippen LogP) is 2.40. The van der Waals surface area contributed by atoms with E-state index in [1.165, 1.54) is 23.8 Å². The van der Waals surface area contributed by atoms with Crippen LogP contribution in [-0.4, -0.2) is 8.42 Å². The molecule has 5 N–H and O–H groups in total. The van der Waals surface area contributed by atoms with Gasteiger partial charge in [0.15, 0.2) is 0 Å². The lowest BCUT2D eigenvalue weighted by atomic mass is 10.1. The van der Waals surface area contributed by atoms with Crippen LogP contribution in [-0.2, 0) is 10.0 Å². The van der Waals surface area contributed by atoms with Crippen LogP contribution >= 0.6 is 0 Å². The molecule has 5 nitrogen and oxygen atoms in total. The average Bonchev–Trinajstić information content (AvgIpc) is 2.40. The molecule has 0 spiro atoms. The molecule has 0 saturated carbocycles. The molecule has 0 saturated heterocycles. The number of benzene rings is 2. The van der Waals surface area contributed by atoms with Crippen molar-refractivity contribution in [2.24, 2.45) is 5.14 Å². The summed E-state index contributed by atoms with van der Waals surface area (Å²) >= 11 is 0. The normalized spacial score (nSPS) is 12.9. The summed E-state index contributed by atoms with van der Waals surface area (Å²) in [6.07, 6.45) is 0. The molecule has 0 heterocycles. The van der Waals surface area contributed by atoms with Crippen molar-refractivity contribution in [2.45, 2.75) is 24.8 Å². The van der Waals surface area contributed by atoms with E-state index in [0.29, 0.717) is 11.4 Å². The fourth-order valence-corrected chi connectivity index (χ4v) is 2.55. The smallest absolute Gasteiger partial charge is 0.238 e. The Morgan fingerprint density at radius 2 is 1.71 bits per heavy atom. The molecule has 2 aromatic rings. The topological polar surface area (TPSA) is 98.2 Å². The lowest BCUT2D eigenvalue weighted by Crippen LogP contribution is -2.14. The van der Waals surface area contributed by atoms with Gasteiger partial charge in [0.25, 0.3) is 0 Å². The van der Waals surface area contributed by atoms with Crippen LogP contribution in [0.2, 0.25) is 0 Å². The molecule has 0 aliphatic rings. The van der Waals surface area contributed by atoms with E-state index in [1.54, 1.807) is 0 Å². The van der Waals surface area contributed by atoms with E-state index in [0.717, 1.165) is 5.56 Å². The van der Waals surface area contributed by atoms with Gasteiger partial charge in [-0.25, -0.2) is 13.6 Å². The summed E-state index contributed by atoms with van der Waals surface area (Å²) < 4.78 is 22.8. The van der Waals surface area contributed by atoms with Gasteiger partial charge < -0.3 is 11.1 Å². The molecule has 1 atom stereocenters.